The van der Waals surface area contributed by atoms with Gasteiger partial charge in [0.25, 0.3) is 0 Å². The lowest BCUT2D eigenvalue weighted by Gasteiger charge is -1.97. The summed E-state index contributed by atoms with van der Waals surface area (Å²) < 4.78 is 5.04. The van der Waals surface area contributed by atoms with E-state index in [4.69, 9.17) is 16.3 Å². The van der Waals surface area contributed by atoms with Crippen LogP contribution in [0.1, 0.15) is 12.5 Å². The monoisotopic (exact) mass is 222 g/mol. The molecule has 15 heavy (non-hydrogen) atoms. The molecule has 1 aromatic rings. The van der Waals surface area contributed by atoms with Gasteiger partial charge in [-0.3, -0.25) is 4.79 Å². The molecule has 2 rings (SSSR count). The van der Waals surface area contributed by atoms with E-state index in [0.29, 0.717) is 11.6 Å². The summed E-state index contributed by atoms with van der Waals surface area (Å²) in [5, 5.41) is 0.691. The predicted octanol–water partition coefficient (Wildman–Crippen LogP) is 2.71. The summed E-state index contributed by atoms with van der Waals surface area (Å²) in [5.74, 6) is 0.0115. The molecule has 1 atom stereocenters. The number of ketones is 1. The molecule has 1 fully saturated rings. The number of hydrogen-bond donors (Lipinski definition) is 0. The van der Waals surface area contributed by atoms with Gasteiger partial charge in [0, 0.05) is 5.02 Å². The largest absolute Gasteiger partial charge is 0.361 e. The van der Waals surface area contributed by atoms with Crippen LogP contribution in [0.3, 0.4) is 0 Å². The zero-order chi connectivity index (χ0) is 10.9. The molecule has 0 spiro atoms. The second-order valence-electron chi connectivity index (χ2n) is 3.77. The summed E-state index contributed by atoms with van der Waals surface area (Å²) in [4.78, 5) is 11.5. The van der Waals surface area contributed by atoms with E-state index in [2.05, 4.69) is 0 Å². The van der Waals surface area contributed by atoms with E-state index >= 15 is 0 Å². The minimum atomic E-state index is -0.567. The van der Waals surface area contributed by atoms with Crippen molar-refractivity contribution in [2.75, 3.05) is 6.61 Å². The summed E-state index contributed by atoms with van der Waals surface area (Å²) in [7, 11) is 0. The van der Waals surface area contributed by atoms with Gasteiger partial charge in [-0.1, -0.05) is 29.8 Å². The molecular formula is C12H11ClO2. The van der Waals surface area contributed by atoms with Crippen LogP contribution in [0.25, 0.3) is 6.08 Å². The van der Waals surface area contributed by atoms with Gasteiger partial charge >= 0.3 is 0 Å². The molecule has 0 aromatic heterocycles. The number of ether oxygens (including phenoxy) is 1. The van der Waals surface area contributed by atoms with E-state index < -0.39 is 5.60 Å². The molecule has 0 amide bonds. The second kappa shape index (κ2) is 3.80. The first-order valence-electron chi connectivity index (χ1n) is 4.72. The summed E-state index contributed by atoms with van der Waals surface area (Å²) in [6.45, 7) is 2.32. The molecular weight excluding hydrogens is 212 g/mol. The van der Waals surface area contributed by atoms with E-state index in [0.717, 1.165) is 5.56 Å². The van der Waals surface area contributed by atoms with E-state index in [1.807, 2.05) is 12.1 Å². The number of hydrogen-bond acceptors (Lipinski definition) is 2. The molecule has 3 heteroatoms. The third-order valence-corrected chi connectivity index (χ3v) is 2.65. The van der Waals surface area contributed by atoms with Gasteiger partial charge in [-0.05, 0) is 30.7 Å². The predicted molar refractivity (Wildman–Crippen MR) is 59.9 cm³/mol. The minimum absolute atomic E-state index is 0.0115. The normalized spacial score (nSPS) is 24.4. The highest BCUT2D eigenvalue weighted by Gasteiger charge is 2.45. The SMILES string of the molecule is C[C@@]1(C(=O)/C=C/c2ccc(Cl)cc2)CO1. The lowest BCUT2D eigenvalue weighted by Crippen LogP contribution is -2.17. The average Bonchev–Trinajstić information content (AvgIpc) is 2.97. The van der Waals surface area contributed by atoms with Gasteiger partial charge in [-0.25, -0.2) is 0 Å². The van der Waals surface area contributed by atoms with Crippen LogP contribution in [0.2, 0.25) is 5.02 Å². The molecule has 0 radical (unpaired) electrons. The highest BCUT2D eigenvalue weighted by Crippen LogP contribution is 2.27. The molecule has 0 bridgehead atoms. The van der Waals surface area contributed by atoms with Crippen LogP contribution in [-0.2, 0) is 9.53 Å². The van der Waals surface area contributed by atoms with Crippen molar-refractivity contribution in [1.82, 2.24) is 0 Å². The van der Waals surface area contributed by atoms with Crippen molar-refractivity contribution in [2.45, 2.75) is 12.5 Å². The molecule has 1 aliphatic rings. The Morgan fingerprint density at radius 2 is 2.07 bits per heavy atom. The van der Waals surface area contributed by atoms with Crippen LogP contribution in [0.5, 0.6) is 0 Å². The van der Waals surface area contributed by atoms with Crippen LogP contribution in [0.4, 0.5) is 0 Å². The molecule has 1 aliphatic heterocycles. The first-order chi connectivity index (χ1) is 7.10. The van der Waals surface area contributed by atoms with Crippen molar-refractivity contribution >= 4 is 23.5 Å². The van der Waals surface area contributed by atoms with Crippen molar-refractivity contribution in [3.8, 4) is 0 Å². The molecule has 1 aromatic carbocycles. The number of carbonyl (C=O) groups excluding carboxylic acids is 1. The quantitative estimate of drug-likeness (QED) is 0.581. The van der Waals surface area contributed by atoms with Crippen molar-refractivity contribution < 1.29 is 9.53 Å². The zero-order valence-electron chi connectivity index (χ0n) is 8.37. The van der Waals surface area contributed by atoms with E-state index in [1.54, 1.807) is 31.2 Å². The van der Waals surface area contributed by atoms with Gasteiger partial charge in [-0.2, -0.15) is 0 Å². The van der Waals surface area contributed by atoms with Crippen LogP contribution in [0.15, 0.2) is 30.3 Å². The number of carbonyl (C=O) groups is 1. The number of rotatable bonds is 3. The molecule has 0 unspecified atom stereocenters. The zero-order valence-corrected chi connectivity index (χ0v) is 9.12. The highest BCUT2D eigenvalue weighted by atomic mass is 35.5. The standard InChI is InChI=1S/C12H11ClO2/c1-12(8-15-12)11(14)7-4-9-2-5-10(13)6-3-9/h2-7H,8H2,1H3/b7-4+/t12-/m0/s1. The fourth-order valence-corrected chi connectivity index (χ4v) is 1.30. The Hall–Kier alpha value is -1.12. The third-order valence-electron chi connectivity index (χ3n) is 2.40. The molecule has 78 valence electrons. The smallest absolute Gasteiger partial charge is 0.189 e. The van der Waals surface area contributed by atoms with Gasteiger partial charge in [0.1, 0.15) is 0 Å². The molecule has 2 nitrogen and oxygen atoms in total. The molecule has 1 saturated heterocycles. The second-order valence-corrected chi connectivity index (χ2v) is 4.21. The molecule has 0 saturated carbocycles. The lowest BCUT2D eigenvalue weighted by molar-refractivity contribution is -0.118. The first-order valence-corrected chi connectivity index (χ1v) is 5.10. The molecule has 0 N–H and O–H groups in total. The fourth-order valence-electron chi connectivity index (χ4n) is 1.17. The van der Waals surface area contributed by atoms with Crippen LogP contribution in [-0.4, -0.2) is 18.0 Å². The van der Waals surface area contributed by atoms with Crippen LogP contribution in [0, 0.1) is 0 Å². The van der Waals surface area contributed by atoms with Gasteiger partial charge in [-0.15, -0.1) is 0 Å². The van der Waals surface area contributed by atoms with Crippen LogP contribution >= 0.6 is 11.6 Å². The summed E-state index contributed by atoms with van der Waals surface area (Å²) in [6, 6.07) is 7.31. The third kappa shape index (κ3) is 2.46. The van der Waals surface area contributed by atoms with E-state index in [-0.39, 0.29) is 5.78 Å². The molecule has 0 aliphatic carbocycles. The summed E-state index contributed by atoms with van der Waals surface area (Å²) in [6.07, 6.45) is 3.32. The maximum absolute atomic E-state index is 11.5. The highest BCUT2D eigenvalue weighted by molar-refractivity contribution is 6.30. The van der Waals surface area contributed by atoms with Crippen LogP contribution < -0.4 is 0 Å². The number of benzene rings is 1. The van der Waals surface area contributed by atoms with Gasteiger partial charge in [0.05, 0.1) is 6.61 Å². The van der Waals surface area contributed by atoms with Gasteiger partial charge in [0.2, 0.25) is 0 Å². The Balaban J connectivity index is 2.05. The van der Waals surface area contributed by atoms with Crippen molar-refractivity contribution in [3.05, 3.63) is 40.9 Å². The lowest BCUT2D eigenvalue weighted by atomic mass is 10.1. The Kier molecular flexibility index (Phi) is 2.63. The first kappa shape index (κ1) is 10.4. The van der Waals surface area contributed by atoms with Crippen molar-refractivity contribution in [3.63, 3.8) is 0 Å². The minimum Gasteiger partial charge on any atom is -0.361 e. The summed E-state index contributed by atoms with van der Waals surface area (Å²) in [5.41, 5.74) is 0.389. The average molecular weight is 223 g/mol. The van der Waals surface area contributed by atoms with Crippen molar-refractivity contribution in [1.29, 1.82) is 0 Å². The van der Waals surface area contributed by atoms with Gasteiger partial charge in [0.15, 0.2) is 11.4 Å². The topological polar surface area (TPSA) is 29.6 Å². The van der Waals surface area contributed by atoms with E-state index in [9.17, 15) is 4.79 Å². The van der Waals surface area contributed by atoms with E-state index in [1.165, 1.54) is 0 Å². The maximum atomic E-state index is 11.5. The molecule has 1 heterocycles. The fraction of sp³-hybridized carbons (Fsp3) is 0.250. The number of halogens is 1. The Morgan fingerprint density at radius 1 is 1.47 bits per heavy atom. The summed E-state index contributed by atoms with van der Waals surface area (Å²) >= 11 is 5.75. The van der Waals surface area contributed by atoms with Crippen molar-refractivity contribution in [2.24, 2.45) is 0 Å². The Morgan fingerprint density at radius 3 is 2.60 bits per heavy atom. The Bertz CT molecular complexity index is 402. The number of epoxide rings is 1. The Labute approximate surface area is 93.5 Å². The van der Waals surface area contributed by atoms with Gasteiger partial charge < -0.3 is 4.74 Å². The maximum Gasteiger partial charge on any atom is 0.189 e.